The lowest BCUT2D eigenvalue weighted by atomic mass is 10.1. The van der Waals surface area contributed by atoms with Crippen molar-refractivity contribution in [2.24, 2.45) is 7.05 Å². The van der Waals surface area contributed by atoms with E-state index >= 15 is 0 Å². The molecule has 2 heterocycles. The summed E-state index contributed by atoms with van der Waals surface area (Å²) in [7, 11) is 1.77. The summed E-state index contributed by atoms with van der Waals surface area (Å²) in [4.78, 5) is 19.9. The SMILES string of the molecule is Cc1ccc(-c2nn(C)c(N)c2-c2nc3ccccc3c(=O)[nH]2)cc1. The van der Waals surface area contributed by atoms with Crippen molar-refractivity contribution in [3.63, 3.8) is 0 Å². The van der Waals surface area contributed by atoms with Crippen LogP contribution >= 0.6 is 0 Å². The van der Waals surface area contributed by atoms with Crippen LogP contribution in [-0.2, 0) is 7.05 Å². The van der Waals surface area contributed by atoms with Gasteiger partial charge in [-0.25, -0.2) is 4.98 Å². The van der Waals surface area contributed by atoms with Crippen LogP contribution in [0.1, 0.15) is 5.56 Å². The van der Waals surface area contributed by atoms with Gasteiger partial charge in [0.25, 0.3) is 5.56 Å². The Morgan fingerprint density at radius 3 is 2.56 bits per heavy atom. The van der Waals surface area contributed by atoms with E-state index in [2.05, 4.69) is 15.1 Å². The minimum Gasteiger partial charge on any atom is -0.383 e. The molecule has 0 saturated heterocycles. The Balaban J connectivity index is 2.00. The fourth-order valence-corrected chi connectivity index (χ4v) is 2.89. The minimum atomic E-state index is -0.196. The zero-order valence-electron chi connectivity index (χ0n) is 13.9. The van der Waals surface area contributed by atoms with Crippen LogP contribution in [-0.4, -0.2) is 19.7 Å². The zero-order valence-corrected chi connectivity index (χ0v) is 13.9. The second-order valence-corrected chi connectivity index (χ2v) is 6.03. The first-order valence-corrected chi connectivity index (χ1v) is 7.93. The number of nitrogens with one attached hydrogen (secondary N) is 1. The largest absolute Gasteiger partial charge is 0.383 e. The topological polar surface area (TPSA) is 89.6 Å². The van der Waals surface area contributed by atoms with Crippen molar-refractivity contribution in [1.29, 1.82) is 0 Å². The molecule has 124 valence electrons. The molecule has 0 aliphatic carbocycles. The molecule has 4 rings (SSSR count). The monoisotopic (exact) mass is 331 g/mol. The number of H-pyrrole nitrogens is 1. The molecule has 0 fully saturated rings. The minimum absolute atomic E-state index is 0.196. The van der Waals surface area contributed by atoms with E-state index in [9.17, 15) is 4.79 Å². The number of benzene rings is 2. The number of fused-ring (bicyclic) bond motifs is 1. The molecule has 2 aromatic heterocycles. The number of aromatic nitrogens is 4. The maximum absolute atomic E-state index is 12.4. The third-order valence-electron chi connectivity index (χ3n) is 4.27. The number of anilines is 1. The van der Waals surface area contributed by atoms with Crippen molar-refractivity contribution in [2.75, 3.05) is 5.73 Å². The van der Waals surface area contributed by atoms with Gasteiger partial charge in [-0.3, -0.25) is 9.48 Å². The molecule has 2 aromatic carbocycles. The first-order chi connectivity index (χ1) is 12.0. The molecule has 6 heteroatoms. The molecule has 0 spiro atoms. The van der Waals surface area contributed by atoms with Crippen LogP contribution in [0.4, 0.5) is 5.82 Å². The molecular formula is C19H17N5O. The molecule has 4 aromatic rings. The van der Waals surface area contributed by atoms with Gasteiger partial charge in [-0.1, -0.05) is 42.0 Å². The summed E-state index contributed by atoms with van der Waals surface area (Å²) in [6, 6.07) is 15.2. The fourth-order valence-electron chi connectivity index (χ4n) is 2.89. The number of nitrogens with zero attached hydrogens (tertiary/aromatic N) is 3. The normalized spacial score (nSPS) is 11.1. The lowest BCUT2D eigenvalue weighted by molar-refractivity contribution is 0.782. The third-order valence-corrected chi connectivity index (χ3v) is 4.27. The molecule has 6 nitrogen and oxygen atoms in total. The van der Waals surface area contributed by atoms with E-state index in [1.807, 2.05) is 49.4 Å². The van der Waals surface area contributed by atoms with Gasteiger partial charge in [-0.2, -0.15) is 5.10 Å². The Labute approximate surface area is 144 Å². The Bertz CT molecular complexity index is 1140. The third kappa shape index (κ3) is 2.48. The van der Waals surface area contributed by atoms with E-state index in [-0.39, 0.29) is 5.56 Å². The van der Waals surface area contributed by atoms with Gasteiger partial charge in [0.2, 0.25) is 0 Å². The van der Waals surface area contributed by atoms with Gasteiger partial charge in [0.05, 0.1) is 16.5 Å². The summed E-state index contributed by atoms with van der Waals surface area (Å²) in [5.74, 6) is 0.874. The van der Waals surface area contributed by atoms with Crippen molar-refractivity contribution >= 4 is 16.7 Å². The molecule has 0 saturated carbocycles. The van der Waals surface area contributed by atoms with Crippen molar-refractivity contribution in [3.8, 4) is 22.6 Å². The molecule has 0 amide bonds. The average Bonchev–Trinajstić information content (AvgIpc) is 2.91. The number of para-hydroxylation sites is 1. The first-order valence-electron chi connectivity index (χ1n) is 7.93. The molecule has 0 bridgehead atoms. The molecule has 25 heavy (non-hydrogen) atoms. The first kappa shape index (κ1) is 15.1. The van der Waals surface area contributed by atoms with Crippen LogP contribution in [0.3, 0.4) is 0 Å². The predicted molar refractivity (Wildman–Crippen MR) is 99.2 cm³/mol. The van der Waals surface area contributed by atoms with Gasteiger partial charge < -0.3 is 10.7 Å². The molecule has 0 aliphatic heterocycles. The smallest absolute Gasteiger partial charge is 0.259 e. The number of aryl methyl sites for hydroxylation is 2. The number of aromatic amines is 1. The van der Waals surface area contributed by atoms with E-state index in [1.54, 1.807) is 17.8 Å². The predicted octanol–water partition coefficient (Wildman–Crippen LogP) is 2.88. The quantitative estimate of drug-likeness (QED) is 0.591. The summed E-state index contributed by atoms with van der Waals surface area (Å²) < 4.78 is 1.60. The average molecular weight is 331 g/mol. The fraction of sp³-hybridized carbons (Fsp3) is 0.105. The maximum atomic E-state index is 12.4. The molecule has 0 unspecified atom stereocenters. The van der Waals surface area contributed by atoms with Gasteiger partial charge in [0, 0.05) is 12.6 Å². The van der Waals surface area contributed by atoms with E-state index < -0.39 is 0 Å². The summed E-state index contributed by atoms with van der Waals surface area (Å²) in [5, 5.41) is 5.07. The van der Waals surface area contributed by atoms with Gasteiger partial charge >= 0.3 is 0 Å². The van der Waals surface area contributed by atoms with Crippen molar-refractivity contribution in [3.05, 3.63) is 64.4 Å². The van der Waals surface area contributed by atoms with Crippen molar-refractivity contribution < 1.29 is 0 Å². The van der Waals surface area contributed by atoms with Crippen LogP contribution in [0.2, 0.25) is 0 Å². The van der Waals surface area contributed by atoms with E-state index in [4.69, 9.17) is 5.73 Å². The lowest BCUT2D eigenvalue weighted by Gasteiger charge is -2.05. The molecule has 3 N–H and O–H groups in total. The summed E-state index contributed by atoms with van der Waals surface area (Å²) in [5.41, 5.74) is 10.1. The second kappa shape index (κ2) is 5.59. The number of hydrogen-bond acceptors (Lipinski definition) is 4. The summed E-state index contributed by atoms with van der Waals surface area (Å²) >= 11 is 0. The highest BCUT2D eigenvalue weighted by Crippen LogP contribution is 2.34. The lowest BCUT2D eigenvalue weighted by Crippen LogP contribution is -2.10. The number of nitrogen functional groups attached to an aromatic ring is 1. The van der Waals surface area contributed by atoms with Crippen LogP contribution in [0.25, 0.3) is 33.5 Å². The van der Waals surface area contributed by atoms with Gasteiger partial charge in [-0.05, 0) is 19.1 Å². The summed E-state index contributed by atoms with van der Waals surface area (Å²) in [6.45, 7) is 2.03. The Kier molecular flexibility index (Phi) is 3.39. The van der Waals surface area contributed by atoms with Gasteiger partial charge in [0.15, 0.2) is 0 Å². The molecular weight excluding hydrogens is 314 g/mol. The van der Waals surface area contributed by atoms with Gasteiger partial charge in [0.1, 0.15) is 17.3 Å². The number of nitrogens with two attached hydrogens (primary N) is 1. The van der Waals surface area contributed by atoms with Crippen molar-refractivity contribution in [2.45, 2.75) is 6.92 Å². The second-order valence-electron chi connectivity index (χ2n) is 6.03. The number of hydrogen-bond donors (Lipinski definition) is 2. The van der Waals surface area contributed by atoms with Gasteiger partial charge in [-0.15, -0.1) is 0 Å². The van der Waals surface area contributed by atoms with E-state index in [0.29, 0.717) is 33.8 Å². The summed E-state index contributed by atoms with van der Waals surface area (Å²) in [6.07, 6.45) is 0. The van der Waals surface area contributed by atoms with E-state index in [1.165, 1.54) is 0 Å². The Morgan fingerprint density at radius 1 is 1.08 bits per heavy atom. The van der Waals surface area contributed by atoms with Crippen LogP contribution in [0.5, 0.6) is 0 Å². The van der Waals surface area contributed by atoms with Crippen LogP contribution < -0.4 is 11.3 Å². The zero-order chi connectivity index (χ0) is 17.6. The van der Waals surface area contributed by atoms with E-state index in [0.717, 1.165) is 11.1 Å². The molecule has 0 atom stereocenters. The number of rotatable bonds is 2. The highest BCUT2D eigenvalue weighted by Gasteiger charge is 2.20. The highest BCUT2D eigenvalue weighted by atomic mass is 16.1. The molecule has 0 aliphatic rings. The Hall–Kier alpha value is -3.41. The van der Waals surface area contributed by atoms with Crippen LogP contribution in [0, 0.1) is 6.92 Å². The standard InChI is InChI=1S/C19H17N5O/c1-11-7-9-12(10-8-11)16-15(17(20)24(2)23-16)18-21-14-6-4-3-5-13(14)19(25)22-18/h3-10H,20H2,1-2H3,(H,21,22,25). The molecule has 0 radical (unpaired) electrons. The van der Waals surface area contributed by atoms with Crippen LogP contribution in [0.15, 0.2) is 53.3 Å². The van der Waals surface area contributed by atoms with Crippen molar-refractivity contribution in [1.82, 2.24) is 19.7 Å². The highest BCUT2D eigenvalue weighted by molar-refractivity contribution is 5.87. The Morgan fingerprint density at radius 2 is 1.80 bits per heavy atom. The maximum Gasteiger partial charge on any atom is 0.259 e.